The van der Waals surface area contributed by atoms with E-state index in [1.807, 2.05) is 35.6 Å². The fourth-order valence-corrected chi connectivity index (χ4v) is 3.04. The maximum Gasteiger partial charge on any atom is 0.256 e. The minimum Gasteiger partial charge on any atom is -0.350 e. The van der Waals surface area contributed by atoms with E-state index < -0.39 is 0 Å². The van der Waals surface area contributed by atoms with E-state index >= 15 is 0 Å². The number of hydrogen-bond acceptors (Lipinski definition) is 3. The molecule has 1 amide bonds. The van der Waals surface area contributed by atoms with Crippen LogP contribution in [0, 0.1) is 13.8 Å². The molecule has 0 atom stereocenters. The van der Waals surface area contributed by atoms with Crippen LogP contribution in [0.15, 0.2) is 18.6 Å². The molecule has 3 heterocycles. The van der Waals surface area contributed by atoms with Crippen molar-refractivity contribution in [1.82, 2.24) is 29.3 Å². The number of aromatic nitrogens is 5. The zero-order valence-electron chi connectivity index (χ0n) is 14.0. The van der Waals surface area contributed by atoms with Gasteiger partial charge < -0.3 is 9.88 Å². The monoisotopic (exact) mass is 314 g/mol. The van der Waals surface area contributed by atoms with Crippen molar-refractivity contribution in [3.05, 3.63) is 41.1 Å². The second-order valence-electron chi connectivity index (χ2n) is 5.72. The molecule has 1 N–H and O–H groups in total. The number of amides is 1. The van der Waals surface area contributed by atoms with Gasteiger partial charge in [-0.1, -0.05) is 6.92 Å². The van der Waals surface area contributed by atoms with Crippen molar-refractivity contribution < 1.29 is 4.79 Å². The van der Waals surface area contributed by atoms with Crippen LogP contribution in [-0.4, -0.2) is 36.4 Å². The van der Waals surface area contributed by atoms with E-state index in [2.05, 4.69) is 29.4 Å². The average Bonchev–Trinajstić information content (AvgIpc) is 3.16. The molecule has 0 aromatic carbocycles. The first kappa shape index (κ1) is 15.3. The number of aryl methyl sites for hydroxylation is 2. The van der Waals surface area contributed by atoms with E-state index in [4.69, 9.17) is 0 Å². The van der Waals surface area contributed by atoms with Crippen LogP contribution in [0.1, 0.15) is 34.2 Å². The Morgan fingerprint density at radius 2 is 2.09 bits per heavy atom. The van der Waals surface area contributed by atoms with Crippen LogP contribution in [0.4, 0.5) is 0 Å². The standard InChI is InChI=1S/C16H22N6O/c1-5-13-11(2)19-21(12(13)3)7-6-17-15(23)14-10-18-22-9-8-20(4)16(14)22/h8-10H,5-7H2,1-4H3,(H,17,23). The van der Waals surface area contributed by atoms with Crippen molar-refractivity contribution in [2.24, 2.45) is 7.05 Å². The molecule has 7 nitrogen and oxygen atoms in total. The first-order valence-electron chi connectivity index (χ1n) is 7.82. The van der Waals surface area contributed by atoms with Crippen LogP contribution in [0.25, 0.3) is 5.65 Å². The summed E-state index contributed by atoms with van der Waals surface area (Å²) in [7, 11) is 1.90. The summed E-state index contributed by atoms with van der Waals surface area (Å²) in [5, 5.41) is 11.7. The summed E-state index contributed by atoms with van der Waals surface area (Å²) in [6, 6.07) is 0. The Kier molecular flexibility index (Phi) is 3.94. The van der Waals surface area contributed by atoms with E-state index in [0.29, 0.717) is 18.7 Å². The number of hydrogen-bond donors (Lipinski definition) is 1. The highest BCUT2D eigenvalue weighted by molar-refractivity contribution is 5.99. The van der Waals surface area contributed by atoms with Crippen molar-refractivity contribution in [3.8, 4) is 0 Å². The topological polar surface area (TPSA) is 69.2 Å². The molecule has 7 heteroatoms. The van der Waals surface area contributed by atoms with Crippen LogP contribution >= 0.6 is 0 Å². The lowest BCUT2D eigenvalue weighted by Gasteiger charge is -2.07. The van der Waals surface area contributed by atoms with Gasteiger partial charge in [0.2, 0.25) is 0 Å². The van der Waals surface area contributed by atoms with Crippen LogP contribution in [0.5, 0.6) is 0 Å². The molecule has 3 rings (SSSR count). The molecule has 0 saturated carbocycles. The van der Waals surface area contributed by atoms with E-state index in [0.717, 1.165) is 17.8 Å². The Balaban J connectivity index is 1.67. The van der Waals surface area contributed by atoms with E-state index in [-0.39, 0.29) is 5.91 Å². The SMILES string of the molecule is CCc1c(C)nn(CCNC(=O)c2cnn3ccn(C)c23)c1C. The van der Waals surface area contributed by atoms with Crippen molar-refractivity contribution in [2.75, 3.05) is 6.54 Å². The summed E-state index contributed by atoms with van der Waals surface area (Å²) in [4.78, 5) is 12.4. The zero-order chi connectivity index (χ0) is 16.6. The second kappa shape index (κ2) is 5.91. The molecule has 0 unspecified atom stereocenters. The summed E-state index contributed by atoms with van der Waals surface area (Å²) in [5.74, 6) is -0.112. The molecule has 0 radical (unpaired) electrons. The van der Waals surface area contributed by atoms with Gasteiger partial charge >= 0.3 is 0 Å². The quantitative estimate of drug-likeness (QED) is 0.775. The first-order valence-corrected chi connectivity index (χ1v) is 7.82. The van der Waals surface area contributed by atoms with Gasteiger partial charge in [-0.05, 0) is 25.8 Å². The Morgan fingerprint density at radius 3 is 2.78 bits per heavy atom. The number of rotatable bonds is 5. The predicted octanol–water partition coefficient (Wildman–Crippen LogP) is 1.48. The van der Waals surface area contributed by atoms with E-state index in [1.165, 1.54) is 11.3 Å². The summed E-state index contributed by atoms with van der Waals surface area (Å²) in [6.45, 7) is 7.43. The number of nitrogens with zero attached hydrogens (tertiary/aromatic N) is 5. The molecule has 122 valence electrons. The number of imidazole rings is 1. The van der Waals surface area contributed by atoms with Gasteiger partial charge in [0.15, 0.2) is 0 Å². The van der Waals surface area contributed by atoms with Gasteiger partial charge in [0.05, 0.1) is 18.4 Å². The lowest BCUT2D eigenvalue weighted by molar-refractivity contribution is 0.0953. The van der Waals surface area contributed by atoms with Gasteiger partial charge in [0, 0.05) is 31.7 Å². The lowest BCUT2D eigenvalue weighted by Crippen LogP contribution is -2.28. The number of fused-ring (bicyclic) bond motifs is 1. The van der Waals surface area contributed by atoms with Gasteiger partial charge in [-0.2, -0.15) is 10.2 Å². The summed E-state index contributed by atoms with van der Waals surface area (Å²) >= 11 is 0. The van der Waals surface area contributed by atoms with Gasteiger partial charge in [0.25, 0.3) is 5.91 Å². The fourth-order valence-electron chi connectivity index (χ4n) is 3.04. The Morgan fingerprint density at radius 1 is 1.30 bits per heavy atom. The highest BCUT2D eigenvalue weighted by Gasteiger charge is 2.15. The molecular weight excluding hydrogens is 292 g/mol. The molecular formula is C16H22N6O. The Labute approximate surface area is 134 Å². The Bertz CT molecular complexity index is 854. The third kappa shape index (κ3) is 2.62. The van der Waals surface area contributed by atoms with E-state index in [1.54, 1.807) is 10.7 Å². The molecule has 0 fully saturated rings. The first-order chi connectivity index (χ1) is 11.0. The number of nitrogens with one attached hydrogen (secondary N) is 1. The summed E-state index contributed by atoms with van der Waals surface area (Å²) < 4.78 is 5.55. The highest BCUT2D eigenvalue weighted by Crippen LogP contribution is 2.13. The Hall–Kier alpha value is -2.57. The smallest absolute Gasteiger partial charge is 0.256 e. The largest absolute Gasteiger partial charge is 0.350 e. The number of carbonyl (C=O) groups excluding carboxylic acids is 1. The maximum absolute atomic E-state index is 12.4. The molecule has 3 aromatic heterocycles. The fraction of sp³-hybridized carbons (Fsp3) is 0.438. The molecule has 0 saturated heterocycles. The third-order valence-corrected chi connectivity index (χ3v) is 4.27. The molecule has 0 aliphatic carbocycles. The van der Waals surface area contributed by atoms with Gasteiger partial charge in [-0.3, -0.25) is 9.48 Å². The van der Waals surface area contributed by atoms with Gasteiger partial charge in [-0.15, -0.1) is 0 Å². The summed E-state index contributed by atoms with van der Waals surface area (Å²) in [6.07, 6.45) is 6.28. The minimum absolute atomic E-state index is 0.112. The van der Waals surface area contributed by atoms with Crippen LogP contribution in [0.2, 0.25) is 0 Å². The average molecular weight is 314 g/mol. The minimum atomic E-state index is -0.112. The van der Waals surface area contributed by atoms with Crippen LogP contribution < -0.4 is 5.32 Å². The molecule has 23 heavy (non-hydrogen) atoms. The van der Waals surface area contributed by atoms with Crippen molar-refractivity contribution in [2.45, 2.75) is 33.7 Å². The molecule has 3 aromatic rings. The van der Waals surface area contributed by atoms with Crippen molar-refractivity contribution in [3.63, 3.8) is 0 Å². The van der Waals surface area contributed by atoms with Crippen LogP contribution in [0.3, 0.4) is 0 Å². The zero-order valence-corrected chi connectivity index (χ0v) is 14.0. The molecule has 0 spiro atoms. The second-order valence-corrected chi connectivity index (χ2v) is 5.72. The predicted molar refractivity (Wildman–Crippen MR) is 87.6 cm³/mol. The molecule has 0 aliphatic rings. The normalized spacial score (nSPS) is 11.3. The van der Waals surface area contributed by atoms with Crippen molar-refractivity contribution in [1.29, 1.82) is 0 Å². The summed E-state index contributed by atoms with van der Waals surface area (Å²) in [5.41, 5.74) is 4.91. The van der Waals surface area contributed by atoms with Gasteiger partial charge in [-0.25, -0.2) is 4.52 Å². The van der Waals surface area contributed by atoms with Crippen LogP contribution in [-0.2, 0) is 20.0 Å². The maximum atomic E-state index is 12.4. The van der Waals surface area contributed by atoms with Crippen molar-refractivity contribution >= 4 is 11.6 Å². The third-order valence-electron chi connectivity index (χ3n) is 4.27. The molecule has 0 bridgehead atoms. The number of carbonyl (C=O) groups is 1. The molecule has 0 aliphatic heterocycles. The lowest BCUT2D eigenvalue weighted by atomic mass is 10.1. The van der Waals surface area contributed by atoms with E-state index in [9.17, 15) is 4.79 Å². The highest BCUT2D eigenvalue weighted by atomic mass is 16.1. The van der Waals surface area contributed by atoms with Gasteiger partial charge in [0.1, 0.15) is 11.2 Å².